The first kappa shape index (κ1) is 26.6. The molecule has 1 aromatic carbocycles. The van der Waals surface area contributed by atoms with Crippen molar-refractivity contribution in [1.82, 2.24) is 20.1 Å². The molecular weight excluding hydrogens is 468 g/mol. The van der Waals surface area contributed by atoms with E-state index in [2.05, 4.69) is 20.5 Å². The molecule has 0 unspecified atom stereocenters. The summed E-state index contributed by atoms with van der Waals surface area (Å²) in [6.07, 6.45) is 4.44. The molecule has 2 aromatic rings. The molecule has 1 aromatic heterocycles. The van der Waals surface area contributed by atoms with E-state index in [4.69, 9.17) is 0 Å². The molecule has 3 heterocycles. The van der Waals surface area contributed by atoms with Gasteiger partial charge >= 0.3 is 0 Å². The molecule has 0 bridgehead atoms. The molecule has 37 heavy (non-hydrogen) atoms. The Morgan fingerprint density at radius 1 is 0.865 bits per heavy atom. The number of nitrogens with one attached hydrogen (secondary N) is 2. The van der Waals surface area contributed by atoms with Crippen LogP contribution in [0.25, 0.3) is 0 Å². The summed E-state index contributed by atoms with van der Waals surface area (Å²) in [5.41, 5.74) is 2.56. The highest BCUT2D eigenvalue weighted by atomic mass is 16.2. The molecule has 2 N–H and O–H groups in total. The fourth-order valence-corrected chi connectivity index (χ4v) is 4.81. The summed E-state index contributed by atoms with van der Waals surface area (Å²) in [4.78, 5) is 49.0. The maximum atomic E-state index is 13.2. The largest absolute Gasteiger partial charge is 0.368 e. The number of amides is 3. The normalized spacial score (nSPS) is 16.8. The van der Waals surface area contributed by atoms with E-state index in [1.165, 1.54) is 0 Å². The van der Waals surface area contributed by atoms with Crippen LogP contribution in [0.1, 0.15) is 54.3 Å². The Bertz CT molecular complexity index is 1110. The van der Waals surface area contributed by atoms with Gasteiger partial charge in [-0.25, -0.2) is 0 Å². The van der Waals surface area contributed by atoms with E-state index in [1.54, 1.807) is 24.5 Å². The van der Waals surface area contributed by atoms with Gasteiger partial charge in [0.15, 0.2) is 0 Å². The van der Waals surface area contributed by atoms with Crippen molar-refractivity contribution < 1.29 is 14.4 Å². The molecule has 9 heteroatoms. The number of benzene rings is 1. The van der Waals surface area contributed by atoms with E-state index in [9.17, 15) is 14.4 Å². The summed E-state index contributed by atoms with van der Waals surface area (Å²) in [6, 6.07) is 9.07. The van der Waals surface area contributed by atoms with E-state index < -0.39 is 0 Å². The lowest BCUT2D eigenvalue weighted by Crippen LogP contribution is -2.46. The van der Waals surface area contributed by atoms with Crippen LogP contribution in [0.15, 0.2) is 42.7 Å². The number of hydrogen-bond donors (Lipinski definition) is 2. The Labute approximate surface area is 219 Å². The van der Waals surface area contributed by atoms with Crippen LogP contribution in [0, 0.1) is 5.41 Å². The number of anilines is 2. The fraction of sp³-hybridized carbons (Fsp3) is 0.500. The molecule has 0 atom stereocenters. The third kappa shape index (κ3) is 7.07. The van der Waals surface area contributed by atoms with Gasteiger partial charge in [0, 0.05) is 82.3 Å². The van der Waals surface area contributed by atoms with Crippen molar-refractivity contribution in [1.29, 1.82) is 0 Å². The first-order valence-corrected chi connectivity index (χ1v) is 13.1. The van der Waals surface area contributed by atoms with Gasteiger partial charge in [0.05, 0.1) is 11.4 Å². The summed E-state index contributed by atoms with van der Waals surface area (Å²) >= 11 is 0. The number of carbonyl (C=O) groups is 3. The predicted octanol–water partition coefficient (Wildman–Crippen LogP) is 2.85. The second kappa shape index (κ2) is 11.7. The Morgan fingerprint density at radius 2 is 1.54 bits per heavy atom. The van der Waals surface area contributed by atoms with Gasteiger partial charge in [-0.15, -0.1) is 0 Å². The number of nitrogens with zero attached hydrogens (tertiary/aromatic N) is 4. The van der Waals surface area contributed by atoms with Crippen LogP contribution >= 0.6 is 0 Å². The molecule has 0 radical (unpaired) electrons. The molecule has 3 amide bonds. The molecule has 4 rings (SSSR count). The van der Waals surface area contributed by atoms with E-state index in [0.717, 1.165) is 31.7 Å². The summed E-state index contributed by atoms with van der Waals surface area (Å²) in [5, 5.41) is 6.36. The van der Waals surface area contributed by atoms with Crippen molar-refractivity contribution in [2.45, 2.75) is 33.6 Å². The standard InChI is InChI=1S/C28H38N6O3/c1-28(2,3)20-25(35)31-23-19-22(27(37)34-15-11-30-12-16-34)5-6-24(23)32-13-4-14-33(18-17-32)26(36)21-7-9-29-10-8-21/h5-10,19,30H,4,11-18,20H2,1-3H3,(H,31,35). The zero-order chi connectivity index (χ0) is 26.4. The first-order chi connectivity index (χ1) is 17.7. The van der Waals surface area contributed by atoms with Crippen molar-refractivity contribution in [3.63, 3.8) is 0 Å². The highest BCUT2D eigenvalue weighted by molar-refractivity contribution is 6.00. The molecular formula is C28H38N6O3. The summed E-state index contributed by atoms with van der Waals surface area (Å²) in [5.74, 6) is -0.103. The highest BCUT2D eigenvalue weighted by Gasteiger charge is 2.25. The number of aromatic nitrogens is 1. The van der Waals surface area contributed by atoms with Crippen molar-refractivity contribution in [2.24, 2.45) is 5.41 Å². The van der Waals surface area contributed by atoms with Crippen LogP contribution in [-0.2, 0) is 4.79 Å². The van der Waals surface area contributed by atoms with Gasteiger partial charge in [0.2, 0.25) is 5.91 Å². The van der Waals surface area contributed by atoms with Crippen LogP contribution in [0.3, 0.4) is 0 Å². The summed E-state index contributed by atoms with van der Waals surface area (Å²) in [7, 11) is 0. The molecule has 0 spiro atoms. The minimum atomic E-state index is -0.158. The Morgan fingerprint density at radius 3 is 2.24 bits per heavy atom. The maximum absolute atomic E-state index is 13.2. The van der Waals surface area contributed by atoms with Gasteiger partial charge in [0.25, 0.3) is 11.8 Å². The van der Waals surface area contributed by atoms with E-state index in [-0.39, 0.29) is 23.1 Å². The molecule has 0 aliphatic carbocycles. The van der Waals surface area contributed by atoms with Crippen molar-refractivity contribution in [3.8, 4) is 0 Å². The smallest absolute Gasteiger partial charge is 0.254 e. The second-order valence-electron chi connectivity index (χ2n) is 10.9. The van der Waals surface area contributed by atoms with Crippen molar-refractivity contribution in [2.75, 3.05) is 62.6 Å². The molecule has 2 saturated heterocycles. The second-order valence-corrected chi connectivity index (χ2v) is 10.9. The van der Waals surface area contributed by atoms with Crippen LogP contribution in [0.4, 0.5) is 11.4 Å². The van der Waals surface area contributed by atoms with Gasteiger partial charge in [-0.3, -0.25) is 19.4 Å². The van der Waals surface area contributed by atoms with E-state index in [1.807, 2.05) is 48.8 Å². The minimum absolute atomic E-state index is 0.0000746. The first-order valence-electron chi connectivity index (χ1n) is 13.1. The highest BCUT2D eigenvalue weighted by Crippen LogP contribution is 2.30. The molecule has 9 nitrogen and oxygen atoms in total. The third-order valence-corrected chi connectivity index (χ3v) is 6.66. The van der Waals surface area contributed by atoms with Gasteiger partial charge in [-0.2, -0.15) is 0 Å². The third-order valence-electron chi connectivity index (χ3n) is 6.66. The van der Waals surface area contributed by atoms with Gasteiger partial charge in [-0.05, 0) is 42.2 Å². The monoisotopic (exact) mass is 506 g/mol. The zero-order valence-electron chi connectivity index (χ0n) is 22.1. The lowest BCUT2D eigenvalue weighted by Gasteiger charge is -2.29. The summed E-state index contributed by atoms with van der Waals surface area (Å²) in [6.45, 7) is 11.6. The van der Waals surface area contributed by atoms with Gasteiger partial charge in [-0.1, -0.05) is 20.8 Å². The average Bonchev–Trinajstić information content (AvgIpc) is 3.14. The average molecular weight is 507 g/mol. The van der Waals surface area contributed by atoms with E-state index >= 15 is 0 Å². The van der Waals surface area contributed by atoms with Crippen molar-refractivity contribution in [3.05, 3.63) is 53.9 Å². The number of carbonyl (C=O) groups excluding carboxylic acids is 3. The van der Waals surface area contributed by atoms with E-state index in [0.29, 0.717) is 56.0 Å². The fourth-order valence-electron chi connectivity index (χ4n) is 4.81. The van der Waals surface area contributed by atoms with Crippen LogP contribution in [-0.4, -0.2) is 84.9 Å². The Hall–Kier alpha value is -3.46. The Kier molecular flexibility index (Phi) is 8.43. The van der Waals surface area contributed by atoms with Crippen molar-refractivity contribution >= 4 is 29.1 Å². The lowest BCUT2D eigenvalue weighted by atomic mass is 9.92. The summed E-state index contributed by atoms with van der Waals surface area (Å²) < 4.78 is 0. The quantitative estimate of drug-likeness (QED) is 0.647. The van der Waals surface area contributed by atoms with Gasteiger partial charge < -0.3 is 25.3 Å². The van der Waals surface area contributed by atoms with Crippen LogP contribution in [0.2, 0.25) is 0 Å². The number of pyridine rings is 1. The number of hydrogen-bond acceptors (Lipinski definition) is 6. The molecule has 2 fully saturated rings. The van der Waals surface area contributed by atoms with Crippen LogP contribution in [0.5, 0.6) is 0 Å². The molecule has 198 valence electrons. The number of rotatable bonds is 5. The zero-order valence-corrected chi connectivity index (χ0v) is 22.1. The molecule has 2 aliphatic heterocycles. The SMILES string of the molecule is CC(C)(C)CC(=O)Nc1cc(C(=O)N2CCNCC2)ccc1N1CCCN(C(=O)c2ccncc2)CC1. The number of piperazine rings is 1. The Balaban J connectivity index is 1.55. The predicted molar refractivity (Wildman–Crippen MR) is 145 cm³/mol. The lowest BCUT2D eigenvalue weighted by molar-refractivity contribution is -0.117. The molecule has 2 aliphatic rings. The molecule has 0 saturated carbocycles. The topological polar surface area (TPSA) is 97.9 Å². The van der Waals surface area contributed by atoms with Crippen LogP contribution < -0.4 is 15.5 Å². The maximum Gasteiger partial charge on any atom is 0.254 e. The van der Waals surface area contributed by atoms with Gasteiger partial charge in [0.1, 0.15) is 0 Å². The minimum Gasteiger partial charge on any atom is -0.368 e.